The van der Waals surface area contributed by atoms with Crippen molar-refractivity contribution in [2.45, 2.75) is 43.6 Å². The van der Waals surface area contributed by atoms with Crippen molar-refractivity contribution in [1.82, 2.24) is 14.9 Å². The van der Waals surface area contributed by atoms with Crippen LogP contribution in [0.15, 0.2) is 34.2 Å². The number of nitrogens with one attached hydrogen (secondary N) is 1. The molecule has 0 saturated carbocycles. The monoisotopic (exact) mass is 391 g/mol. The summed E-state index contributed by atoms with van der Waals surface area (Å²) < 4.78 is 12.4. The summed E-state index contributed by atoms with van der Waals surface area (Å²) in [6, 6.07) is 7.22. The molecule has 1 N–H and O–H groups in total. The fourth-order valence-electron chi connectivity index (χ4n) is 3.15. The van der Waals surface area contributed by atoms with Gasteiger partial charge in [-0.3, -0.25) is 14.2 Å². The Labute approximate surface area is 162 Å². The van der Waals surface area contributed by atoms with E-state index in [0.29, 0.717) is 29.2 Å². The number of fused-ring (bicyclic) bond motifs is 1. The van der Waals surface area contributed by atoms with Crippen molar-refractivity contribution in [3.05, 3.63) is 34.6 Å². The standard InChI is InChI=1S/C19H25N3O4S/c1-13(11-25-2)20-17(23)12-27-19-21-16-8-4-3-7-15(16)18(24)22(19)10-14-6-5-9-26-14/h3-4,7-8,13-14H,5-6,9-12H2,1-2H3,(H,20,23)/t13-,14-/m0/s1. The first kappa shape index (κ1) is 19.9. The van der Waals surface area contributed by atoms with Gasteiger partial charge in [-0.15, -0.1) is 0 Å². The zero-order chi connectivity index (χ0) is 19.2. The summed E-state index contributed by atoms with van der Waals surface area (Å²) in [5.41, 5.74) is 0.550. The van der Waals surface area contributed by atoms with E-state index in [-0.39, 0.29) is 29.4 Å². The van der Waals surface area contributed by atoms with Crippen molar-refractivity contribution in [3.8, 4) is 0 Å². The number of amides is 1. The number of rotatable bonds is 8. The van der Waals surface area contributed by atoms with Crippen molar-refractivity contribution < 1.29 is 14.3 Å². The molecule has 8 heteroatoms. The lowest BCUT2D eigenvalue weighted by molar-refractivity contribution is -0.119. The number of hydrogen-bond donors (Lipinski definition) is 1. The molecule has 0 unspecified atom stereocenters. The van der Waals surface area contributed by atoms with Gasteiger partial charge < -0.3 is 14.8 Å². The van der Waals surface area contributed by atoms with Crippen molar-refractivity contribution >= 4 is 28.6 Å². The van der Waals surface area contributed by atoms with Crippen LogP contribution in [0.5, 0.6) is 0 Å². The molecule has 0 radical (unpaired) electrons. The summed E-state index contributed by atoms with van der Waals surface area (Å²) in [5.74, 6) is 0.0697. The summed E-state index contributed by atoms with van der Waals surface area (Å²) >= 11 is 1.27. The van der Waals surface area contributed by atoms with Gasteiger partial charge in [0.05, 0.1) is 35.9 Å². The van der Waals surface area contributed by atoms with Gasteiger partial charge in [0.1, 0.15) is 0 Å². The maximum Gasteiger partial charge on any atom is 0.262 e. The van der Waals surface area contributed by atoms with E-state index in [0.717, 1.165) is 19.4 Å². The predicted octanol–water partition coefficient (Wildman–Crippen LogP) is 1.82. The Morgan fingerprint density at radius 1 is 1.48 bits per heavy atom. The van der Waals surface area contributed by atoms with Gasteiger partial charge in [0.25, 0.3) is 5.56 Å². The minimum Gasteiger partial charge on any atom is -0.383 e. The number of nitrogens with zero attached hydrogens (tertiary/aromatic N) is 2. The lowest BCUT2D eigenvalue weighted by Gasteiger charge is -2.17. The Hall–Kier alpha value is -1.90. The molecule has 2 aromatic rings. The first-order valence-electron chi connectivity index (χ1n) is 9.10. The van der Waals surface area contributed by atoms with Gasteiger partial charge in [-0.05, 0) is 31.9 Å². The highest BCUT2D eigenvalue weighted by Gasteiger charge is 2.20. The summed E-state index contributed by atoms with van der Waals surface area (Å²) in [6.07, 6.45) is 1.95. The Bertz CT molecular complexity index is 848. The van der Waals surface area contributed by atoms with E-state index in [2.05, 4.69) is 10.3 Å². The van der Waals surface area contributed by atoms with Gasteiger partial charge in [-0.2, -0.15) is 0 Å². The maximum atomic E-state index is 13.0. The van der Waals surface area contributed by atoms with Gasteiger partial charge in [0, 0.05) is 19.8 Å². The molecule has 1 fully saturated rings. The molecule has 27 heavy (non-hydrogen) atoms. The topological polar surface area (TPSA) is 82.5 Å². The Balaban J connectivity index is 1.81. The molecule has 0 bridgehead atoms. The molecule has 1 aliphatic rings. The number of carbonyl (C=O) groups is 1. The minimum absolute atomic E-state index is 0.0144. The molecule has 1 amide bonds. The number of methoxy groups -OCH3 is 1. The smallest absolute Gasteiger partial charge is 0.262 e. The number of aromatic nitrogens is 2. The highest BCUT2D eigenvalue weighted by Crippen LogP contribution is 2.20. The number of benzene rings is 1. The zero-order valence-corrected chi connectivity index (χ0v) is 16.5. The van der Waals surface area contributed by atoms with Crippen molar-refractivity contribution in [1.29, 1.82) is 0 Å². The first-order valence-corrected chi connectivity index (χ1v) is 10.1. The SMILES string of the molecule is COC[C@H](C)NC(=O)CSc1nc2ccccc2c(=O)n1C[C@@H]1CCCO1. The molecule has 1 saturated heterocycles. The highest BCUT2D eigenvalue weighted by molar-refractivity contribution is 7.99. The van der Waals surface area contributed by atoms with E-state index in [1.165, 1.54) is 11.8 Å². The van der Waals surface area contributed by atoms with Gasteiger partial charge in [-0.25, -0.2) is 4.98 Å². The number of carbonyl (C=O) groups excluding carboxylic acids is 1. The number of hydrogen-bond acceptors (Lipinski definition) is 6. The lowest BCUT2D eigenvalue weighted by Crippen LogP contribution is -2.37. The second kappa shape index (κ2) is 9.34. The largest absolute Gasteiger partial charge is 0.383 e. The fourth-order valence-corrected chi connectivity index (χ4v) is 3.97. The van der Waals surface area contributed by atoms with E-state index in [1.807, 2.05) is 25.1 Å². The first-order chi connectivity index (χ1) is 13.1. The van der Waals surface area contributed by atoms with Crippen LogP contribution in [0.4, 0.5) is 0 Å². The molecule has 0 spiro atoms. The fraction of sp³-hybridized carbons (Fsp3) is 0.526. The van der Waals surface area contributed by atoms with E-state index >= 15 is 0 Å². The third-order valence-corrected chi connectivity index (χ3v) is 5.37. The Morgan fingerprint density at radius 2 is 2.30 bits per heavy atom. The average Bonchev–Trinajstić information content (AvgIpc) is 3.16. The molecule has 7 nitrogen and oxygen atoms in total. The molecule has 2 heterocycles. The second-order valence-electron chi connectivity index (χ2n) is 6.67. The Kier molecular flexibility index (Phi) is 6.87. The quantitative estimate of drug-likeness (QED) is 0.546. The van der Waals surface area contributed by atoms with Crippen LogP contribution in [-0.4, -0.2) is 53.7 Å². The third kappa shape index (κ3) is 5.09. The van der Waals surface area contributed by atoms with Crippen LogP contribution in [0, 0.1) is 0 Å². The second-order valence-corrected chi connectivity index (χ2v) is 7.62. The average molecular weight is 391 g/mol. The molecule has 1 aromatic carbocycles. The zero-order valence-electron chi connectivity index (χ0n) is 15.6. The van der Waals surface area contributed by atoms with E-state index in [4.69, 9.17) is 9.47 Å². The summed E-state index contributed by atoms with van der Waals surface area (Å²) in [6.45, 7) is 3.52. The van der Waals surface area contributed by atoms with E-state index in [9.17, 15) is 9.59 Å². The highest BCUT2D eigenvalue weighted by atomic mass is 32.2. The normalized spacial score (nSPS) is 17.9. The van der Waals surface area contributed by atoms with E-state index < -0.39 is 0 Å². The lowest BCUT2D eigenvalue weighted by atomic mass is 10.2. The van der Waals surface area contributed by atoms with Crippen molar-refractivity contribution in [2.24, 2.45) is 0 Å². The van der Waals surface area contributed by atoms with Gasteiger partial charge in [0.15, 0.2) is 5.16 Å². The molecule has 0 aliphatic carbocycles. The van der Waals surface area contributed by atoms with Crippen LogP contribution >= 0.6 is 11.8 Å². The van der Waals surface area contributed by atoms with Gasteiger partial charge >= 0.3 is 0 Å². The molecule has 1 aliphatic heterocycles. The van der Waals surface area contributed by atoms with Gasteiger partial charge in [0.2, 0.25) is 5.91 Å². The van der Waals surface area contributed by atoms with Gasteiger partial charge in [-0.1, -0.05) is 23.9 Å². The van der Waals surface area contributed by atoms with Crippen LogP contribution in [0.25, 0.3) is 10.9 Å². The van der Waals surface area contributed by atoms with Crippen molar-refractivity contribution in [2.75, 3.05) is 26.1 Å². The van der Waals surface area contributed by atoms with Crippen LogP contribution < -0.4 is 10.9 Å². The number of thioether (sulfide) groups is 1. The van der Waals surface area contributed by atoms with E-state index in [1.54, 1.807) is 17.7 Å². The summed E-state index contributed by atoms with van der Waals surface area (Å²) in [7, 11) is 1.60. The van der Waals surface area contributed by atoms with Crippen molar-refractivity contribution in [3.63, 3.8) is 0 Å². The van der Waals surface area contributed by atoms with Crippen LogP contribution in [0.1, 0.15) is 19.8 Å². The molecular formula is C19H25N3O4S. The third-order valence-electron chi connectivity index (χ3n) is 4.39. The minimum atomic E-state index is -0.115. The summed E-state index contributed by atoms with van der Waals surface area (Å²) in [4.78, 5) is 29.8. The molecule has 1 aromatic heterocycles. The molecule has 3 rings (SSSR count). The number of para-hydroxylation sites is 1. The molecule has 2 atom stereocenters. The Morgan fingerprint density at radius 3 is 3.04 bits per heavy atom. The van der Waals surface area contributed by atoms with Crippen LogP contribution in [-0.2, 0) is 20.8 Å². The summed E-state index contributed by atoms with van der Waals surface area (Å²) in [5, 5.41) is 4.00. The van der Waals surface area contributed by atoms with Crippen LogP contribution in [0.2, 0.25) is 0 Å². The molecule has 146 valence electrons. The predicted molar refractivity (Wildman–Crippen MR) is 105 cm³/mol. The van der Waals surface area contributed by atoms with Crippen LogP contribution in [0.3, 0.4) is 0 Å². The number of ether oxygens (including phenoxy) is 2. The molecular weight excluding hydrogens is 366 g/mol. The maximum absolute atomic E-state index is 13.0.